The Kier molecular flexibility index (Phi) is 4.15. The van der Waals surface area contributed by atoms with E-state index in [2.05, 4.69) is 0 Å². The summed E-state index contributed by atoms with van der Waals surface area (Å²) in [6.45, 7) is 0. The van der Waals surface area contributed by atoms with E-state index in [4.69, 9.17) is 5.26 Å². The molecule has 0 unspecified atom stereocenters. The maximum Gasteiger partial charge on any atom is 0.216 e. The van der Waals surface area contributed by atoms with Crippen LogP contribution in [0.2, 0.25) is 0 Å². The Morgan fingerprint density at radius 1 is 0.952 bits per heavy atom. The number of sulfone groups is 1. The summed E-state index contributed by atoms with van der Waals surface area (Å²) in [4.78, 5) is -0.681. The van der Waals surface area contributed by atoms with E-state index in [1.54, 1.807) is 6.07 Å². The van der Waals surface area contributed by atoms with Crippen LogP contribution in [0.1, 0.15) is 5.56 Å². The number of hydrogen-bond acceptors (Lipinski definition) is 3. The molecule has 2 aromatic rings. The van der Waals surface area contributed by atoms with Crippen LogP contribution in [0.15, 0.2) is 58.3 Å². The Balaban J connectivity index is 2.47. The number of benzene rings is 2. The van der Waals surface area contributed by atoms with Crippen LogP contribution in [-0.2, 0) is 9.84 Å². The lowest BCUT2D eigenvalue weighted by Crippen LogP contribution is -2.03. The average molecular weight is 305 g/mol. The van der Waals surface area contributed by atoms with Gasteiger partial charge in [0.05, 0.1) is 4.90 Å². The summed E-state index contributed by atoms with van der Waals surface area (Å²) in [5.41, 5.74) is 0.374. The van der Waals surface area contributed by atoms with Gasteiger partial charge in [-0.3, -0.25) is 0 Å². The van der Waals surface area contributed by atoms with Gasteiger partial charge in [-0.1, -0.05) is 12.1 Å². The Hall–Kier alpha value is -2.52. The van der Waals surface area contributed by atoms with Gasteiger partial charge in [0, 0.05) is 0 Å². The van der Waals surface area contributed by atoms with Gasteiger partial charge in [-0.15, -0.1) is 0 Å². The lowest BCUT2D eigenvalue weighted by atomic mass is 10.2. The van der Waals surface area contributed by atoms with Gasteiger partial charge in [-0.25, -0.2) is 17.2 Å². The molecule has 0 amide bonds. The predicted octanol–water partition coefficient (Wildman–Crippen LogP) is 3.30. The molecule has 2 rings (SSSR count). The van der Waals surface area contributed by atoms with Gasteiger partial charge in [0.2, 0.25) is 9.84 Å². The molecule has 0 bridgehead atoms. The van der Waals surface area contributed by atoms with Crippen molar-refractivity contribution in [3.63, 3.8) is 0 Å². The van der Waals surface area contributed by atoms with E-state index < -0.39 is 26.4 Å². The van der Waals surface area contributed by atoms with Crippen LogP contribution in [0.5, 0.6) is 0 Å². The molecule has 106 valence electrons. The molecule has 0 aliphatic rings. The molecule has 3 nitrogen and oxygen atoms in total. The Morgan fingerprint density at radius 2 is 1.43 bits per heavy atom. The number of allylic oxidation sites excluding steroid dienone is 1. The molecule has 0 aromatic heterocycles. The fourth-order valence-electron chi connectivity index (χ4n) is 1.62. The van der Waals surface area contributed by atoms with E-state index in [1.165, 1.54) is 12.1 Å². The number of hydrogen-bond donors (Lipinski definition) is 0. The summed E-state index contributed by atoms with van der Waals surface area (Å²) in [6.07, 6.45) is 1.14. The van der Waals surface area contributed by atoms with Crippen LogP contribution < -0.4 is 0 Å². The van der Waals surface area contributed by atoms with Crippen LogP contribution in [0, 0.1) is 23.0 Å². The highest BCUT2D eigenvalue weighted by molar-refractivity contribution is 7.95. The molecule has 2 aromatic carbocycles. The molecule has 0 fully saturated rings. The lowest BCUT2D eigenvalue weighted by Gasteiger charge is -2.03. The van der Waals surface area contributed by atoms with Crippen molar-refractivity contribution in [2.45, 2.75) is 4.90 Å². The standard InChI is InChI=1S/C15H9F2NO2S/c16-12-3-1-11(2-4-12)9-15(10-18)21(19,20)14-7-5-13(17)6-8-14/h1-9H/b15-9+. The third-order valence-corrected chi connectivity index (χ3v) is 4.37. The van der Waals surface area contributed by atoms with E-state index in [0.717, 1.165) is 42.5 Å². The SMILES string of the molecule is N#C/C(=C\c1ccc(F)cc1)S(=O)(=O)c1ccc(F)cc1. The molecule has 0 atom stereocenters. The van der Waals surface area contributed by atoms with Crippen LogP contribution in [0.25, 0.3) is 6.08 Å². The quantitative estimate of drug-likeness (QED) is 0.646. The first-order valence-corrected chi connectivity index (χ1v) is 7.30. The van der Waals surface area contributed by atoms with Crippen molar-refractivity contribution >= 4 is 15.9 Å². The highest BCUT2D eigenvalue weighted by Crippen LogP contribution is 2.21. The molecule has 0 N–H and O–H groups in total. The molecule has 21 heavy (non-hydrogen) atoms. The van der Waals surface area contributed by atoms with Crippen molar-refractivity contribution in [3.8, 4) is 6.07 Å². The minimum absolute atomic E-state index is 0.182. The van der Waals surface area contributed by atoms with Gasteiger partial charge in [-0.2, -0.15) is 5.26 Å². The fraction of sp³-hybridized carbons (Fsp3) is 0. The summed E-state index contributed by atoms with van der Waals surface area (Å²) >= 11 is 0. The van der Waals surface area contributed by atoms with Gasteiger partial charge in [0.1, 0.15) is 22.6 Å². The van der Waals surface area contributed by atoms with Crippen molar-refractivity contribution < 1.29 is 17.2 Å². The summed E-state index contributed by atoms with van der Waals surface area (Å²) in [5.74, 6) is -1.04. The Morgan fingerprint density at radius 3 is 1.90 bits per heavy atom. The molecule has 0 aliphatic carbocycles. The second-order valence-electron chi connectivity index (χ2n) is 4.13. The number of halogens is 2. The molecular formula is C15H9F2NO2S. The van der Waals surface area contributed by atoms with Crippen LogP contribution >= 0.6 is 0 Å². The highest BCUT2D eigenvalue weighted by Gasteiger charge is 2.20. The first kappa shape index (κ1) is 14.9. The smallest absolute Gasteiger partial charge is 0.216 e. The molecule has 0 saturated heterocycles. The monoisotopic (exact) mass is 305 g/mol. The third kappa shape index (κ3) is 3.33. The topological polar surface area (TPSA) is 57.9 Å². The van der Waals surface area contributed by atoms with Crippen LogP contribution in [0.4, 0.5) is 8.78 Å². The van der Waals surface area contributed by atoms with Crippen LogP contribution in [-0.4, -0.2) is 8.42 Å². The number of nitriles is 1. The Labute approximate surface area is 120 Å². The van der Waals surface area contributed by atoms with Gasteiger partial charge in [0.15, 0.2) is 0 Å². The van der Waals surface area contributed by atoms with E-state index in [1.807, 2.05) is 0 Å². The fourth-order valence-corrected chi connectivity index (χ4v) is 2.78. The first-order valence-electron chi connectivity index (χ1n) is 5.81. The second kappa shape index (κ2) is 5.85. The zero-order chi connectivity index (χ0) is 15.5. The minimum atomic E-state index is -4.04. The highest BCUT2D eigenvalue weighted by atomic mass is 32.2. The number of rotatable bonds is 3. The average Bonchev–Trinajstić information content (AvgIpc) is 2.47. The predicted molar refractivity (Wildman–Crippen MR) is 73.6 cm³/mol. The van der Waals surface area contributed by atoms with E-state index in [9.17, 15) is 17.2 Å². The summed E-state index contributed by atoms with van der Waals surface area (Å²) in [5, 5.41) is 9.05. The molecule has 6 heteroatoms. The maximum absolute atomic E-state index is 12.8. The molecule has 0 spiro atoms. The molecular weight excluding hydrogens is 296 g/mol. The zero-order valence-electron chi connectivity index (χ0n) is 10.6. The van der Waals surface area contributed by atoms with Crippen molar-refractivity contribution in [2.75, 3.05) is 0 Å². The van der Waals surface area contributed by atoms with E-state index in [-0.39, 0.29) is 4.90 Å². The largest absolute Gasteiger partial charge is 0.218 e. The first-order chi connectivity index (χ1) is 9.93. The summed E-state index contributed by atoms with van der Waals surface area (Å²) in [6, 6.07) is 10.8. The van der Waals surface area contributed by atoms with Crippen molar-refractivity contribution in [3.05, 3.63) is 70.6 Å². The van der Waals surface area contributed by atoms with Crippen LogP contribution in [0.3, 0.4) is 0 Å². The summed E-state index contributed by atoms with van der Waals surface area (Å²) < 4.78 is 50.2. The molecule has 0 heterocycles. The lowest BCUT2D eigenvalue weighted by molar-refractivity contribution is 0.601. The maximum atomic E-state index is 12.8. The van der Waals surface area contributed by atoms with E-state index >= 15 is 0 Å². The zero-order valence-corrected chi connectivity index (χ0v) is 11.4. The van der Waals surface area contributed by atoms with Gasteiger partial charge in [0.25, 0.3) is 0 Å². The van der Waals surface area contributed by atoms with Crippen molar-refractivity contribution in [1.29, 1.82) is 5.26 Å². The van der Waals surface area contributed by atoms with Crippen molar-refractivity contribution in [1.82, 2.24) is 0 Å². The Bertz CT molecular complexity index is 817. The normalized spacial score (nSPS) is 12.0. The second-order valence-corrected chi connectivity index (χ2v) is 6.05. The van der Waals surface area contributed by atoms with Gasteiger partial charge in [-0.05, 0) is 48.0 Å². The third-order valence-electron chi connectivity index (χ3n) is 2.69. The molecule has 0 saturated carbocycles. The van der Waals surface area contributed by atoms with Crippen molar-refractivity contribution in [2.24, 2.45) is 0 Å². The number of nitrogens with zero attached hydrogens (tertiary/aromatic N) is 1. The summed E-state index contributed by atoms with van der Waals surface area (Å²) in [7, 11) is -4.04. The molecule has 0 radical (unpaired) electrons. The van der Waals surface area contributed by atoms with E-state index in [0.29, 0.717) is 5.56 Å². The molecule has 0 aliphatic heterocycles. The minimum Gasteiger partial charge on any atom is -0.218 e. The van der Waals surface area contributed by atoms with Gasteiger partial charge >= 0.3 is 0 Å². The van der Waals surface area contributed by atoms with Gasteiger partial charge < -0.3 is 0 Å².